The molecule has 2 nitrogen and oxygen atoms in total. The topological polar surface area (TPSA) is 37.3 Å². The Kier molecular flexibility index (Phi) is 4.19. The van der Waals surface area contributed by atoms with Gasteiger partial charge in [-0.3, -0.25) is 4.79 Å². The van der Waals surface area contributed by atoms with Crippen molar-refractivity contribution in [3.63, 3.8) is 0 Å². The number of aliphatic hydroxyl groups is 1. The smallest absolute Gasteiger partial charge is 0.217 e. The van der Waals surface area contributed by atoms with Crippen molar-refractivity contribution in [3.05, 3.63) is 0 Å². The van der Waals surface area contributed by atoms with E-state index >= 15 is 0 Å². The van der Waals surface area contributed by atoms with E-state index in [9.17, 15) is 9.90 Å². The number of aliphatic hydroxyl groups excluding tert-OH is 1. The lowest BCUT2D eigenvalue weighted by molar-refractivity contribution is -0.117. The minimum Gasteiger partial charge on any atom is -0.385 e. The van der Waals surface area contributed by atoms with E-state index in [1.807, 2.05) is 0 Å². The van der Waals surface area contributed by atoms with Gasteiger partial charge in [0, 0.05) is 5.25 Å². The first-order valence-electron chi connectivity index (χ1n) is 6.93. The molecule has 2 aliphatic rings. The molecule has 0 radical (unpaired) electrons. The second-order valence-corrected chi connectivity index (χ2v) is 7.10. The molecule has 0 spiro atoms. The first-order chi connectivity index (χ1) is 8.04. The zero-order chi connectivity index (χ0) is 12.6. The van der Waals surface area contributed by atoms with Crippen molar-refractivity contribution in [1.82, 2.24) is 0 Å². The van der Waals surface area contributed by atoms with Crippen molar-refractivity contribution >= 4 is 16.9 Å². The van der Waals surface area contributed by atoms with Crippen LogP contribution in [0.3, 0.4) is 0 Å². The molecule has 0 aromatic carbocycles. The Labute approximate surface area is 109 Å². The Morgan fingerprint density at radius 1 is 1.47 bits per heavy atom. The maximum atomic E-state index is 11.6. The van der Waals surface area contributed by atoms with Gasteiger partial charge in [-0.25, -0.2) is 0 Å². The molecule has 98 valence electrons. The molecule has 0 aromatic rings. The van der Waals surface area contributed by atoms with Gasteiger partial charge < -0.3 is 5.11 Å². The fourth-order valence-corrected chi connectivity index (χ4v) is 5.21. The highest BCUT2D eigenvalue weighted by molar-refractivity contribution is 8.14. The average molecular weight is 256 g/mol. The van der Waals surface area contributed by atoms with E-state index in [1.54, 1.807) is 6.92 Å². The average Bonchev–Trinajstić information content (AvgIpc) is 2.79. The van der Waals surface area contributed by atoms with E-state index in [0.717, 1.165) is 23.7 Å². The van der Waals surface area contributed by atoms with Crippen LogP contribution >= 0.6 is 11.8 Å². The van der Waals surface area contributed by atoms with E-state index in [-0.39, 0.29) is 5.12 Å². The van der Waals surface area contributed by atoms with Crippen LogP contribution in [0, 0.1) is 23.7 Å². The zero-order valence-corrected chi connectivity index (χ0v) is 11.9. The summed E-state index contributed by atoms with van der Waals surface area (Å²) in [5, 5.41) is 9.75. The summed E-state index contributed by atoms with van der Waals surface area (Å²) in [6.07, 6.45) is 4.26. The van der Waals surface area contributed by atoms with Crippen LogP contribution in [0.1, 0.15) is 46.5 Å². The fraction of sp³-hybridized carbons (Fsp3) is 0.929. The normalized spacial score (nSPS) is 41.8. The lowest BCUT2D eigenvalue weighted by atomic mass is 9.78. The highest BCUT2D eigenvalue weighted by Gasteiger charge is 2.50. The highest BCUT2D eigenvalue weighted by Crippen LogP contribution is 2.57. The molecule has 17 heavy (non-hydrogen) atoms. The first kappa shape index (κ1) is 13.4. The van der Waals surface area contributed by atoms with Crippen molar-refractivity contribution in [2.24, 2.45) is 23.7 Å². The standard InChI is InChI=1S/C14H24O2S/c1-4-5-11-8(2)10-6-12(11)13(7-10)17-14(16)9(3)15/h8-13,15H,4-7H2,1-3H3. The van der Waals surface area contributed by atoms with Gasteiger partial charge in [0.15, 0.2) is 0 Å². The minimum atomic E-state index is -0.804. The van der Waals surface area contributed by atoms with Crippen LogP contribution in [0.5, 0.6) is 0 Å². The lowest BCUT2D eigenvalue weighted by Gasteiger charge is -2.33. The van der Waals surface area contributed by atoms with Gasteiger partial charge in [-0.05, 0) is 43.4 Å². The largest absolute Gasteiger partial charge is 0.385 e. The molecule has 0 saturated heterocycles. The molecule has 6 unspecified atom stereocenters. The quantitative estimate of drug-likeness (QED) is 0.840. The van der Waals surface area contributed by atoms with Crippen molar-refractivity contribution in [2.75, 3.05) is 0 Å². The summed E-state index contributed by atoms with van der Waals surface area (Å²) in [5.74, 6) is 3.22. The second kappa shape index (κ2) is 5.31. The molecule has 0 aromatic heterocycles. The third kappa shape index (κ3) is 2.55. The predicted octanol–water partition coefficient (Wildman–Crippen LogP) is 3.09. The summed E-state index contributed by atoms with van der Waals surface area (Å²) >= 11 is 1.42. The molecule has 6 atom stereocenters. The molecule has 0 amide bonds. The molecule has 1 N–H and O–H groups in total. The van der Waals surface area contributed by atoms with Crippen LogP contribution in [0.4, 0.5) is 0 Å². The van der Waals surface area contributed by atoms with Crippen molar-refractivity contribution in [2.45, 2.75) is 57.8 Å². The van der Waals surface area contributed by atoms with Gasteiger partial charge in [-0.2, -0.15) is 0 Å². The summed E-state index contributed by atoms with van der Waals surface area (Å²) in [6.45, 7) is 6.22. The Hall–Kier alpha value is -0.0200. The summed E-state index contributed by atoms with van der Waals surface area (Å²) in [4.78, 5) is 11.6. The Morgan fingerprint density at radius 3 is 2.71 bits per heavy atom. The highest BCUT2D eigenvalue weighted by atomic mass is 32.2. The number of carbonyl (C=O) groups is 1. The molecule has 2 bridgehead atoms. The number of fused-ring (bicyclic) bond motifs is 2. The van der Waals surface area contributed by atoms with E-state index in [4.69, 9.17) is 0 Å². The third-order valence-electron chi connectivity index (χ3n) is 4.79. The van der Waals surface area contributed by atoms with Crippen LogP contribution < -0.4 is 0 Å². The van der Waals surface area contributed by atoms with Crippen molar-refractivity contribution in [1.29, 1.82) is 0 Å². The monoisotopic (exact) mass is 256 g/mol. The summed E-state index contributed by atoms with van der Waals surface area (Å²) in [5.41, 5.74) is 0. The molecule has 2 fully saturated rings. The molecule has 3 heteroatoms. The Bertz CT molecular complexity index is 290. The van der Waals surface area contributed by atoms with Gasteiger partial charge in [0.05, 0.1) is 0 Å². The van der Waals surface area contributed by atoms with Gasteiger partial charge in [0.25, 0.3) is 0 Å². The van der Waals surface area contributed by atoms with Crippen molar-refractivity contribution in [3.8, 4) is 0 Å². The van der Waals surface area contributed by atoms with Gasteiger partial charge in [-0.15, -0.1) is 0 Å². The second-order valence-electron chi connectivity index (χ2n) is 5.86. The number of thioether (sulfide) groups is 1. The van der Waals surface area contributed by atoms with Crippen LogP contribution in [-0.4, -0.2) is 21.6 Å². The Morgan fingerprint density at radius 2 is 2.18 bits per heavy atom. The van der Waals surface area contributed by atoms with Crippen LogP contribution in [0.15, 0.2) is 0 Å². The van der Waals surface area contributed by atoms with Crippen LogP contribution in [0.25, 0.3) is 0 Å². The van der Waals surface area contributed by atoms with Gasteiger partial charge in [0.1, 0.15) is 6.10 Å². The SMILES string of the molecule is CCCC1C(C)C2CC(SC(=O)C(C)O)C1C2. The summed E-state index contributed by atoms with van der Waals surface area (Å²) < 4.78 is 0. The predicted molar refractivity (Wildman–Crippen MR) is 71.8 cm³/mol. The number of carbonyl (C=O) groups excluding carboxylic acids is 1. The molecular weight excluding hydrogens is 232 g/mol. The zero-order valence-electron chi connectivity index (χ0n) is 11.1. The summed E-state index contributed by atoms with van der Waals surface area (Å²) in [7, 11) is 0. The maximum Gasteiger partial charge on any atom is 0.217 e. The van der Waals surface area contributed by atoms with Crippen LogP contribution in [0.2, 0.25) is 0 Å². The van der Waals surface area contributed by atoms with Crippen molar-refractivity contribution < 1.29 is 9.90 Å². The third-order valence-corrected chi connectivity index (χ3v) is 6.21. The molecule has 2 saturated carbocycles. The molecular formula is C14H24O2S. The first-order valence-corrected chi connectivity index (χ1v) is 7.81. The number of hydrogen-bond donors (Lipinski definition) is 1. The van der Waals surface area contributed by atoms with E-state index in [2.05, 4.69) is 13.8 Å². The molecule has 2 aliphatic carbocycles. The van der Waals surface area contributed by atoms with E-state index in [1.165, 1.54) is 37.4 Å². The van der Waals surface area contributed by atoms with Gasteiger partial charge >= 0.3 is 0 Å². The van der Waals surface area contributed by atoms with Crippen LogP contribution in [-0.2, 0) is 4.79 Å². The van der Waals surface area contributed by atoms with Gasteiger partial charge in [0.2, 0.25) is 5.12 Å². The maximum absolute atomic E-state index is 11.6. The molecule has 2 rings (SSSR count). The van der Waals surface area contributed by atoms with E-state index < -0.39 is 6.10 Å². The van der Waals surface area contributed by atoms with E-state index in [0.29, 0.717) is 5.25 Å². The molecule has 0 heterocycles. The summed E-state index contributed by atoms with van der Waals surface area (Å²) in [6, 6.07) is 0. The molecule has 0 aliphatic heterocycles. The minimum absolute atomic E-state index is 0.0366. The lowest BCUT2D eigenvalue weighted by Crippen LogP contribution is -2.30. The van der Waals surface area contributed by atoms with Gasteiger partial charge in [-0.1, -0.05) is 38.5 Å². The Balaban J connectivity index is 1.97. The number of hydrogen-bond acceptors (Lipinski definition) is 3. The number of rotatable bonds is 4. The fourth-order valence-electron chi connectivity index (χ4n) is 3.88.